The fraction of sp³-hybridized carbons (Fsp3) is 1.00. The monoisotopic (exact) mass is 225 g/mol. The molecule has 2 rings (SSSR count). The number of nitrogens with two attached hydrogens (primary N) is 1. The van der Waals surface area contributed by atoms with Crippen LogP contribution in [0.15, 0.2) is 0 Å². The van der Waals surface area contributed by atoms with Gasteiger partial charge in [-0.05, 0) is 59.2 Å². The molecule has 2 aliphatic rings. The van der Waals surface area contributed by atoms with E-state index in [9.17, 15) is 0 Å². The molecule has 0 aromatic carbocycles. The maximum atomic E-state index is 5.91. The van der Waals surface area contributed by atoms with Crippen molar-refractivity contribution in [1.29, 1.82) is 0 Å². The van der Waals surface area contributed by atoms with Crippen molar-refractivity contribution in [1.82, 2.24) is 9.80 Å². The Bertz CT molecular complexity index is 231. The highest BCUT2D eigenvalue weighted by molar-refractivity contribution is 5.00. The number of likely N-dealkylation sites (N-methyl/N-ethyl adjacent to an activating group) is 2. The van der Waals surface area contributed by atoms with Gasteiger partial charge in [-0.3, -0.25) is 0 Å². The summed E-state index contributed by atoms with van der Waals surface area (Å²) in [5, 5.41) is 0. The molecular formula is C13H27N3. The summed E-state index contributed by atoms with van der Waals surface area (Å²) in [5.74, 6) is 0.884. The van der Waals surface area contributed by atoms with Crippen molar-refractivity contribution in [2.45, 2.75) is 43.7 Å². The molecule has 1 atom stereocenters. The summed E-state index contributed by atoms with van der Waals surface area (Å²) in [6.07, 6.45) is 6.88. The van der Waals surface area contributed by atoms with E-state index < -0.39 is 0 Å². The lowest BCUT2D eigenvalue weighted by atomic mass is 9.75. The molecule has 2 N–H and O–H groups in total. The predicted octanol–water partition coefficient (Wildman–Crippen LogP) is 1.14. The van der Waals surface area contributed by atoms with Gasteiger partial charge >= 0.3 is 0 Å². The number of hydrogen-bond acceptors (Lipinski definition) is 3. The van der Waals surface area contributed by atoms with Gasteiger partial charge in [0.2, 0.25) is 0 Å². The zero-order valence-electron chi connectivity index (χ0n) is 11.1. The molecule has 0 aromatic heterocycles. The smallest absolute Gasteiger partial charge is 0.0330 e. The van der Waals surface area contributed by atoms with Crippen molar-refractivity contribution >= 4 is 0 Å². The Balaban J connectivity index is 1.91. The quantitative estimate of drug-likeness (QED) is 0.736. The summed E-state index contributed by atoms with van der Waals surface area (Å²) in [7, 11) is 6.71. The summed E-state index contributed by atoms with van der Waals surface area (Å²) < 4.78 is 0. The molecule has 0 spiro atoms. The van der Waals surface area contributed by atoms with Gasteiger partial charge in [-0.15, -0.1) is 0 Å². The van der Waals surface area contributed by atoms with Crippen LogP contribution in [0.4, 0.5) is 0 Å². The van der Waals surface area contributed by atoms with E-state index in [1.54, 1.807) is 0 Å². The highest BCUT2D eigenvalue weighted by atomic mass is 15.2. The number of hydrogen-bond donors (Lipinski definition) is 1. The zero-order valence-corrected chi connectivity index (χ0v) is 11.1. The summed E-state index contributed by atoms with van der Waals surface area (Å²) in [5.41, 5.74) is 6.36. The molecule has 3 nitrogen and oxygen atoms in total. The Morgan fingerprint density at radius 2 is 1.88 bits per heavy atom. The van der Waals surface area contributed by atoms with Crippen LogP contribution in [0.1, 0.15) is 32.1 Å². The average Bonchev–Trinajstić information content (AvgIpc) is 2.96. The fourth-order valence-corrected chi connectivity index (χ4v) is 3.13. The van der Waals surface area contributed by atoms with Crippen molar-refractivity contribution in [2.24, 2.45) is 11.7 Å². The SMILES string of the molecule is CN(CC1(N(C)C)CCC1)C(CN)C1CC1. The van der Waals surface area contributed by atoms with Crippen LogP contribution < -0.4 is 5.73 Å². The van der Waals surface area contributed by atoms with Gasteiger partial charge in [-0.2, -0.15) is 0 Å². The molecule has 0 aliphatic heterocycles. The van der Waals surface area contributed by atoms with E-state index in [0.29, 0.717) is 11.6 Å². The van der Waals surface area contributed by atoms with Gasteiger partial charge in [0.05, 0.1) is 0 Å². The van der Waals surface area contributed by atoms with E-state index in [-0.39, 0.29) is 0 Å². The number of rotatable bonds is 6. The van der Waals surface area contributed by atoms with E-state index in [1.165, 1.54) is 38.6 Å². The predicted molar refractivity (Wildman–Crippen MR) is 68.5 cm³/mol. The highest BCUT2D eigenvalue weighted by Gasteiger charge is 2.42. The molecule has 3 heteroatoms. The van der Waals surface area contributed by atoms with Crippen LogP contribution in [0.3, 0.4) is 0 Å². The minimum absolute atomic E-state index is 0.442. The van der Waals surface area contributed by atoms with Crippen molar-refractivity contribution in [2.75, 3.05) is 34.2 Å². The molecule has 0 heterocycles. The van der Waals surface area contributed by atoms with Crippen LogP contribution in [0, 0.1) is 5.92 Å². The van der Waals surface area contributed by atoms with Gasteiger partial charge in [-0.25, -0.2) is 0 Å². The van der Waals surface area contributed by atoms with Crippen LogP contribution in [0.25, 0.3) is 0 Å². The highest BCUT2D eigenvalue weighted by Crippen LogP contribution is 2.39. The van der Waals surface area contributed by atoms with E-state index >= 15 is 0 Å². The van der Waals surface area contributed by atoms with E-state index in [0.717, 1.165) is 12.5 Å². The van der Waals surface area contributed by atoms with Gasteiger partial charge < -0.3 is 15.5 Å². The first kappa shape index (κ1) is 12.3. The molecule has 0 radical (unpaired) electrons. The lowest BCUT2D eigenvalue weighted by molar-refractivity contribution is 0.0143. The van der Waals surface area contributed by atoms with Gasteiger partial charge in [0, 0.05) is 24.7 Å². The molecule has 2 saturated carbocycles. The van der Waals surface area contributed by atoms with E-state index in [2.05, 4.69) is 30.9 Å². The molecule has 0 saturated heterocycles. The van der Waals surface area contributed by atoms with Crippen LogP contribution in [0.5, 0.6) is 0 Å². The third-order valence-electron chi connectivity index (χ3n) is 4.75. The molecule has 0 bridgehead atoms. The Morgan fingerprint density at radius 3 is 2.19 bits per heavy atom. The molecule has 1 unspecified atom stereocenters. The van der Waals surface area contributed by atoms with Crippen molar-refractivity contribution in [3.05, 3.63) is 0 Å². The van der Waals surface area contributed by atoms with Crippen molar-refractivity contribution < 1.29 is 0 Å². The minimum atomic E-state index is 0.442. The fourth-order valence-electron chi connectivity index (χ4n) is 3.13. The molecular weight excluding hydrogens is 198 g/mol. The Hall–Kier alpha value is -0.120. The second kappa shape index (κ2) is 4.63. The second-order valence-corrected chi connectivity index (χ2v) is 6.03. The van der Waals surface area contributed by atoms with Crippen molar-refractivity contribution in [3.63, 3.8) is 0 Å². The average molecular weight is 225 g/mol. The molecule has 2 fully saturated rings. The first-order valence-corrected chi connectivity index (χ1v) is 6.67. The van der Waals surface area contributed by atoms with Crippen LogP contribution in [-0.2, 0) is 0 Å². The van der Waals surface area contributed by atoms with Gasteiger partial charge in [0.1, 0.15) is 0 Å². The second-order valence-electron chi connectivity index (χ2n) is 6.03. The van der Waals surface area contributed by atoms with E-state index in [4.69, 9.17) is 5.73 Å². The largest absolute Gasteiger partial charge is 0.329 e. The third-order valence-corrected chi connectivity index (χ3v) is 4.75. The number of nitrogens with zero attached hydrogens (tertiary/aromatic N) is 2. The standard InChI is InChI=1S/C13H27N3/c1-15(2)13(7-4-8-13)10-16(3)12(9-14)11-5-6-11/h11-12H,4-10,14H2,1-3H3. The molecule has 94 valence electrons. The zero-order chi connectivity index (χ0) is 11.8. The van der Waals surface area contributed by atoms with Gasteiger partial charge in [0.25, 0.3) is 0 Å². The topological polar surface area (TPSA) is 32.5 Å². The third kappa shape index (κ3) is 2.27. The summed E-state index contributed by atoms with van der Waals surface area (Å²) in [4.78, 5) is 4.95. The minimum Gasteiger partial charge on any atom is -0.329 e. The van der Waals surface area contributed by atoms with Crippen LogP contribution >= 0.6 is 0 Å². The normalized spacial score (nSPS) is 25.9. The molecule has 0 aromatic rings. The molecule has 0 amide bonds. The summed E-state index contributed by atoms with van der Waals surface area (Å²) in [6.45, 7) is 2.02. The summed E-state index contributed by atoms with van der Waals surface area (Å²) in [6, 6.07) is 0.623. The van der Waals surface area contributed by atoms with Crippen molar-refractivity contribution in [3.8, 4) is 0 Å². The first-order chi connectivity index (χ1) is 7.59. The lowest BCUT2D eigenvalue weighted by Crippen LogP contribution is -2.59. The Labute approximate surface area is 100.0 Å². The summed E-state index contributed by atoms with van der Waals surface area (Å²) >= 11 is 0. The van der Waals surface area contributed by atoms with E-state index in [1.807, 2.05) is 0 Å². The van der Waals surface area contributed by atoms with Crippen LogP contribution in [-0.4, -0.2) is 55.6 Å². The molecule has 2 aliphatic carbocycles. The maximum absolute atomic E-state index is 5.91. The first-order valence-electron chi connectivity index (χ1n) is 6.67. The maximum Gasteiger partial charge on any atom is 0.0330 e. The Morgan fingerprint density at radius 1 is 1.25 bits per heavy atom. The van der Waals surface area contributed by atoms with Gasteiger partial charge in [-0.1, -0.05) is 0 Å². The lowest BCUT2D eigenvalue weighted by Gasteiger charge is -2.50. The Kier molecular flexibility index (Phi) is 3.57. The molecule has 16 heavy (non-hydrogen) atoms. The van der Waals surface area contributed by atoms with Crippen LogP contribution in [0.2, 0.25) is 0 Å². The van der Waals surface area contributed by atoms with Gasteiger partial charge in [0.15, 0.2) is 0 Å².